The van der Waals surface area contributed by atoms with Crippen molar-refractivity contribution in [2.24, 2.45) is 0 Å². The summed E-state index contributed by atoms with van der Waals surface area (Å²) in [7, 11) is 1.72. The highest BCUT2D eigenvalue weighted by Crippen LogP contribution is 2.30. The van der Waals surface area contributed by atoms with Crippen molar-refractivity contribution in [3.63, 3.8) is 0 Å². The van der Waals surface area contributed by atoms with Crippen LogP contribution in [0.15, 0.2) is 24.3 Å². The number of ether oxygens (including phenoxy) is 1. The molecule has 3 rings (SSSR count). The van der Waals surface area contributed by atoms with E-state index in [-0.39, 0.29) is 0 Å². The zero-order valence-electron chi connectivity index (χ0n) is 11.1. The Morgan fingerprint density at radius 1 is 1.17 bits per heavy atom. The maximum Gasteiger partial charge on any atom is 0.119 e. The first kappa shape index (κ1) is 11.8. The van der Waals surface area contributed by atoms with Gasteiger partial charge in [0.25, 0.3) is 0 Å². The third-order valence-corrected chi connectivity index (χ3v) is 4.29. The molecule has 3 nitrogen and oxygen atoms in total. The SMILES string of the molecule is COc1ccc(N2CCN[C@@H]3CCCC[C@H]32)cc1. The normalized spacial score (nSPS) is 27.7. The number of hydrogen-bond acceptors (Lipinski definition) is 3. The zero-order valence-corrected chi connectivity index (χ0v) is 11.1. The van der Waals surface area contributed by atoms with E-state index in [1.807, 2.05) is 0 Å². The summed E-state index contributed by atoms with van der Waals surface area (Å²) in [4.78, 5) is 2.58. The van der Waals surface area contributed by atoms with Gasteiger partial charge in [0.15, 0.2) is 0 Å². The van der Waals surface area contributed by atoms with Crippen LogP contribution in [0.1, 0.15) is 25.7 Å². The lowest BCUT2D eigenvalue weighted by molar-refractivity contribution is 0.284. The summed E-state index contributed by atoms with van der Waals surface area (Å²) in [5.41, 5.74) is 1.34. The van der Waals surface area contributed by atoms with Crippen molar-refractivity contribution in [3.05, 3.63) is 24.3 Å². The van der Waals surface area contributed by atoms with E-state index in [0.29, 0.717) is 12.1 Å². The summed E-state index contributed by atoms with van der Waals surface area (Å²) in [6.07, 6.45) is 5.40. The Morgan fingerprint density at radius 2 is 1.94 bits per heavy atom. The van der Waals surface area contributed by atoms with Gasteiger partial charge in [-0.2, -0.15) is 0 Å². The van der Waals surface area contributed by atoms with E-state index in [2.05, 4.69) is 34.5 Å². The molecule has 0 unspecified atom stereocenters. The number of benzene rings is 1. The maximum absolute atomic E-state index is 5.23. The van der Waals surface area contributed by atoms with Crippen molar-refractivity contribution >= 4 is 5.69 Å². The molecule has 0 amide bonds. The molecular formula is C15H22N2O. The number of hydrogen-bond donors (Lipinski definition) is 1. The minimum atomic E-state index is 0.681. The number of fused-ring (bicyclic) bond motifs is 1. The lowest BCUT2D eigenvalue weighted by Crippen LogP contribution is -2.59. The van der Waals surface area contributed by atoms with Gasteiger partial charge in [0, 0.05) is 30.9 Å². The lowest BCUT2D eigenvalue weighted by atomic mass is 9.87. The highest BCUT2D eigenvalue weighted by molar-refractivity contribution is 5.51. The van der Waals surface area contributed by atoms with E-state index in [9.17, 15) is 0 Å². The van der Waals surface area contributed by atoms with Gasteiger partial charge in [-0.25, -0.2) is 0 Å². The van der Waals surface area contributed by atoms with Crippen LogP contribution < -0.4 is 15.0 Å². The van der Waals surface area contributed by atoms with Crippen molar-refractivity contribution in [2.75, 3.05) is 25.1 Å². The fourth-order valence-corrected chi connectivity index (χ4v) is 3.35. The summed E-state index contributed by atoms with van der Waals surface area (Å²) < 4.78 is 5.23. The fraction of sp³-hybridized carbons (Fsp3) is 0.600. The Labute approximate surface area is 109 Å². The van der Waals surface area contributed by atoms with Crippen LogP contribution in [-0.4, -0.2) is 32.3 Å². The number of anilines is 1. The lowest BCUT2D eigenvalue weighted by Gasteiger charge is -2.46. The molecule has 1 aromatic rings. The van der Waals surface area contributed by atoms with Crippen molar-refractivity contribution in [1.82, 2.24) is 5.32 Å². The largest absolute Gasteiger partial charge is 0.497 e. The van der Waals surface area contributed by atoms with E-state index in [1.165, 1.54) is 31.4 Å². The van der Waals surface area contributed by atoms with Crippen LogP contribution in [0.4, 0.5) is 5.69 Å². The number of nitrogens with zero attached hydrogens (tertiary/aromatic N) is 1. The van der Waals surface area contributed by atoms with Gasteiger partial charge in [0.1, 0.15) is 5.75 Å². The molecule has 0 spiro atoms. The van der Waals surface area contributed by atoms with Gasteiger partial charge in [-0.15, -0.1) is 0 Å². The second-order valence-corrected chi connectivity index (χ2v) is 5.30. The van der Waals surface area contributed by atoms with Gasteiger partial charge in [-0.3, -0.25) is 0 Å². The average molecular weight is 246 g/mol. The second kappa shape index (κ2) is 5.19. The van der Waals surface area contributed by atoms with Crippen LogP contribution in [0, 0.1) is 0 Å². The molecular weight excluding hydrogens is 224 g/mol. The van der Waals surface area contributed by atoms with Crippen LogP contribution >= 0.6 is 0 Å². The zero-order chi connectivity index (χ0) is 12.4. The maximum atomic E-state index is 5.23. The molecule has 1 heterocycles. The smallest absolute Gasteiger partial charge is 0.119 e. The molecule has 2 fully saturated rings. The number of methoxy groups -OCH3 is 1. The predicted molar refractivity (Wildman–Crippen MR) is 74.4 cm³/mol. The summed E-state index contributed by atoms with van der Waals surface area (Å²) in [5, 5.41) is 3.68. The molecule has 2 atom stereocenters. The molecule has 1 aliphatic carbocycles. The van der Waals surface area contributed by atoms with Gasteiger partial charge < -0.3 is 15.0 Å². The number of piperazine rings is 1. The second-order valence-electron chi connectivity index (χ2n) is 5.30. The molecule has 18 heavy (non-hydrogen) atoms. The Hall–Kier alpha value is -1.22. The van der Waals surface area contributed by atoms with E-state index in [1.54, 1.807) is 7.11 Å². The van der Waals surface area contributed by atoms with Gasteiger partial charge in [0.2, 0.25) is 0 Å². The van der Waals surface area contributed by atoms with Crippen LogP contribution in [0.3, 0.4) is 0 Å². The minimum absolute atomic E-state index is 0.681. The standard InChI is InChI=1S/C15H22N2O/c1-18-13-8-6-12(7-9-13)17-11-10-16-14-4-2-3-5-15(14)17/h6-9,14-16H,2-5,10-11H2,1H3/t14-,15-/m1/s1. The average Bonchev–Trinajstić information content (AvgIpc) is 2.47. The molecule has 3 heteroatoms. The van der Waals surface area contributed by atoms with Crippen LogP contribution in [0.2, 0.25) is 0 Å². The molecule has 0 aromatic heterocycles. The van der Waals surface area contributed by atoms with Crippen molar-refractivity contribution < 1.29 is 4.74 Å². The summed E-state index contributed by atoms with van der Waals surface area (Å²) in [6.45, 7) is 2.22. The fourth-order valence-electron chi connectivity index (χ4n) is 3.35. The Bertz CT molecular complexity index is 388. The van der Waals surface area contributed by atoms with Crippen molar-refractivity contribution in [2.45, 2.75) is 37.8 Å². The first-order valence-electron chi connectivity index (χ1n) is 7.02. The molecule has 0 bridgehead atoms. The highest BCUT2D eigenvalue weighted by Gasteiger charge is 2.32. The monoisotopic (exact) mass is 246 g/mol. The van der Waals surface area contributed by atoms with Crippen molar-refractivity contribution in [3.8, 4) is 5.75 Å². The summed E-state index contributed by atoms with van der Waals surface area (Å²) in [5.74, 6) is 0.939. The number of rotatable bonds is 2. The van der Waals surface area contributed by atoms with Crippen LogP contribution in [0.25, 0.3) is 0 Å². The molecule has 1 saturated heterocycles. The van der Waals surface area contributed by atoms with E-state index < -0.39 is 0 Å². The Kier molecular flexibility index (Phi) is 3.41. The van der Waals surface area contributed by atoms with Gasteiger partial charge >= 0.3 is 0 Å². The van der Waals surface area contributed by atoms with Gasteiger partial charge in [-0.1, -0.05) is 12.8 Å². The molecule has 1 aliphatic heterocycles. The first-order chi connectivity index (χ1) is 8.88. The van der Waals surface area contributed by atoms with E-state index in [4.69, 9.17) is 4.74 Å². The molecule has 1 aromatic carbocycles. The quantitative estimate of drug-likeness (QED) is 0.867. The molecule has 0 radical (unpaired) electrons. The van der Waals surface area contributed by atoms with Gasteiger partial charge in [0.05, 0.1) is 7.11 Å². The minimum Gasteiger partial charge on any atom is -0.497 e. The first-order valence-corrected chi connectivity index (χ1v) is 7.02. The number of nitrogens with one attached hydrogen (secondary N) is 1. The Morgan fingerprint density at radius 3 is 2.72 bits per heavy atom. The predicted octanol–water partition coefficient (Wildman–Crippen LogP) is 2.42. The molecule has 1 saturated carbocycles. The highest BCUT2D eigenvalue weighted by atomic mass is 16.5. The summed E-state index contributed by atoms with van der Waals surface area (Å²) in [6, 6.07) is 9.88. The third-order valence-electron chi connectivity index (χ3n) is 4.29. The van der Waals surface area contributed by atoms with Crippen LogP contribution in [-0.2, 0) is 0 Å². The third kappa shape index (κ3) is 2.19. The van der Waals surface area contributed by atoms with Gasteiger partial charge in [-0.05, 0) is 37.1 Å². The molecule has 98 valence electrons. The Balaban J connectivity index is 1.80. The summed E-state index contributed by atoms with van der Waals surface area (Å²) >= 11 is 0. The van der Waals surface area contributed by atoms with Crippen LogP contribution in [0.5, 0.6) is 5.75 Å². The van der Waals surface area contributed by atoms with Crippen molar-refractivity contribution in [1.29, 1.82) is 0 Å². The molecule has 1 N–H and O–H groups in total. The van der Waals surface area contributed by atoms with E-state index >= 15 is 0 Å². The topological polar surface area (TPSA) is 24.5 Å². The molecule has 2 aliphatic rings. The van der Waals surface area contributed by atoms with E-state index in [0.717, 1.165) is 18.8 Å².